The van der Waals surface area contributed by atoms with Gasteiger partial charge >= 0.3 is 12.0 Å². The Morgan fingerprint density at radius 1 is 0.967 bits per heavy atom. The number of nitrogens with zero attached hydrogens (tertiary/aromatic N) is 1. The third-order valence-electron chi connectivity index (χ3n) is 4.49. The Balaban J connectivity index is 1.47. The number of ether oxygens (including phenoxy) is 1. The molecule has 0 aliphatic carbocycles. The molecule has 4 amide bonds. The second-order valence-corrected chi connectivity index (χ2v) is 7.12. The van der Waals surface area contributed by atoms with Crippen molar-refractivity contribution in [2.45, 2.75) is 26.4 Å². The van der Waals surface area contributed by atoms with Crippen LogP contribution in [0, 0.1) is 0 Å². The number of esters is 1. The van der Waals surface area contributed by atoms with Crippen LogP contribution >= 0.6 is 0 Å². The Kier molecular flexibility index (Phi) is 6.46. The van der Waals surface area contributed by atoms with Crippen LogP contribution in [-0.4, -0.2) is 47.9 Å². The van der Waals surface area contributed by atoms with Crippen molar-refractivity contribution in [3.63, 3.8) is 0 Å². The van der Waals surface area contributed by atoms with Gasteiger partial charge in [-0.2, -0.15) is 0 Å². The van der Waals surface area contributed by atoms with Crippen LogP contribution < -0.4 is 10.6 Å². The maximum atomic E-state index is 12.3. The lowest BCUT2D eigenvalue weighted by Crippen LogP contribution is -2.39. The molecular formula is C22H23N3O5. The highest BCUT2D eigenvalue weighted by atomic mass is 16.5. The molecule has 0 spiro atoms. The number of carbonyl (C=O) groups is 4. The molecular weight excluding hydrogens is 386 g/mol. The van der Waals surface area contributed by atoms with E-state index >= 15 is 0 Å². The molecule has 0 radical (unpaired) electrons. The molecule has 0 bridgehead atoms. The second-order valence-electron chi connectivity index (χ2n) is 7.12. The summed E-state index contributed by atoms with van der Waals surface area (Å²) in [5.41, 5.74) is 1.89. The van der Waals surface area contributed by atoms with Crippen LogP contribution in [-0.2, 0) is 11.3 Å². The fourth-order valence-corrected chi connectivity index (χ4v) is 3.01. The Bertz CT molecular complexity index is 934. The number of urea groups is 1. The highest BCUT2D eigenvalue weighted by Crippen LogP contribution is 2.22. The van der Waals surface area contributed by atoms with E-state index in [4.69, 9.17) is 4.74 Å². The van der Waals surface area contributed by atoms with Gasteiger partial charge in [0.05, 0.1) is 23.2 Å². The second kappa shape index (κ2) is 9.21. The predicted molar refractivity (Wildman–Crippen MR) is 109 cm³/mol. The minimum atomic E-state index is -0.552. The molecule has 3 rings (SSSR count). The monoisotopic (exact) mass is 409 g/mol. The van der Waals surface area contributed by atoms with Crippen molar-refractivity contribution in [3.8, 4) is 0 Å². The summed E-state index contributed by atoms with van der Waals surface area (Å²) < 4.78 is 5.20. The molecule has 1 aliphatic heterocycles. The predicted octanol–water partition coefficient (Wildman–Crippen LogP) is 2.35. The minimum absolute atomic E-state index is 0.00888. The zero-order valence-corrected chi connectivity index (χ0v) is 16.8. The van der Waals surface area contributed by atoms with E-state index in [2.05, 4.69) is 10.6 Å². The smallest absolute Gasteiger partial charge is 0.338 e. The molecule has 0 fully saturated rings. The molecule has 0 saturated carbocycles. The number of rotatable bonds is 7. The first-order valence-corrected chi connectivity index (χ1v) is 9.62. The normalized spacial score (nSPS) is 12.7. The first-order chi connectivity index (χ1) is 14.4. The van der Waals surface area contributed by atoms with Gasteiger partial charge in [0.1, 0.15) is 6.61 Å². The average molecular weight is 409 g/mol. The van der Waals surface area contributed by atoms with Gasteiger partial charge < -0.3 is 15.4 Å². The minimum Gasteiger partial charge on any atom is -0.460 e. The lowest BCUT2D eigenvalue weighted by atomic mass is 10.1. The Morgan fingerprint density at radius 2 is 1.57 bits per heavy atom. The van der Waals surface area contributed by atoms with E-state index in [9.17, 15) is 19.2 Å². The van der Waals surface area contributed by atoms with Crippen molar-refractivity contribution in [1.82, 2.24) is 15.5 Å². The van der Waals surface area contributed by atoms with Gasteiger partial charge in [-0.25, -0.2) is 9.59 Å². The third kappa shape index (κ3) is 4.83. The van der Waals surface area contributed by atoms with Gasteiger partial charge in [-0.1, -0.05) is 24.3 Å². The first-order valence-electron chi connectivity index (χ1n) is 9.62. The highest BCUT2D eigenvalue weighted by molar-refractivity contribution is 6.21. The molecule has 30 heavy (non-hydrogen) atoms. The number of imide groups is 1. The third-order valence-corrected chi connectivity index (χ3v) is 4.49. The number of carbonyl (C=O) groups excluding carboxylic acids is 4. The van der Waals surface area contributed by atoms with Crippen molar-refractivity contribution in [1.29, 1.82) is 0 Å². The van der Waals surface area contributed by atoms with E-state index in [1.165, 1.54) is 0 Å². The molecule has 0 saturated heterocycles. The number of amides is 4. The highest BCUT2D eigenvalue weighted by Gasteiger charge is 2.34. The lowest BCUT2D eigenvalue weighted by molar-refractivity contribution is 0.0420. The molecule has 0 aromatic heterocycles. The molecule has 2 N–H and O–H groups in total. The Labute approximate surface area is 174 Å². The Hall–Kier alpha value is -3.68. The van der Waals surface area contributed by atoms with E-state index in [0.717, 1.165) is 10.5 Å². The summed E-state index contributed by atoms with van der Waals surface area (Å²) in [5, 5.41) is 5.45. The van der Waals surface area contributed by atoms with Crippen LogP contribution in [0.15, 0.2) is 48.5 Å². The Morgan fingerprint density at radius 3 is 2.13 bits per heavy atom. The fourth-order valence-electron chi connectivity index (χ4n) is 3.01. The summed E-state index contributed by atoms with van der Waals surface area (Å²) in [4.78, 5) is 49.5. The van der Waals surface area contributed by atoms with Crippen molar-refractivity contribution < 1.29 is 23.9 Å². The van der Waals surface area contributed by atoms with Gasteiger partial charge in [0.2, 0.25) is 0 Å². The standard InChI is InChI=1S/C22H23N3O5/c1-14(2)24-22(29)23-13-15-7-9-16(10-8-15)21(28)30-12-11-25-19(26)17-5-3-4-6-18(17)20(25)27/h3-10,14H,11-13H2,1-2H3,(H2,23,24,29). The molecule has 0 unspecified atom stereocenters. The summed E-state index contributed by atoms with van der Waals surface area (Å²) in [7, 11) is 0. The van der Waals surface area contributed by atoms with Gasteiger partial charge in [0.25, 0.3) is 11.8 Å². The van der Waals surface area contributed by atoms with Gasteiger partial charge in [0, 0.05) is 12.6 Å². The summed E-state index contributed by atoms with van der Waals surface area (Å²) in [6.07, 6.45) is 0. The number of hydrogen-bond acceptors (Lipinski definition) is 5. The molecule has 0 atom stereocenters. The number of hydrogen-bond donors (Lipinski definition) is 2. The van der Waals surface area contributed by atoms with Crippen LogP contribution in [0.25, 0.3) is 0 Å². The van der Waals surface area contributed by atoms with Crippen LogP contribution in [0.1, 0.15) is 50.5 Å². The van der Waals surface area contributed by atoms with Crippen molar-refractivity contribution >= 4 is 23.8 Å². The first kappa shape index (κ1) is 21.0. The van der Waals surface area contributed by atoms with Crippen LogP contribution in [0.2, 0.25) is 0 Å². The van der Waals surface area contributed by atoms with Crippen molar-refractivity contribution in [3.05, 3.63) is 70.8 Å². The van der Waals surface area contributed by atoms with Gasteiger partial charge in [-0.05, 0) is 43.7 Å². The zero-order valence-electron chi connectivity index (χ0n) is 16.8. The van der Waals surface area contributed by atoms with Gasteiger partial charge in [0.15, 0.2) is 0 Å². The number of fused-ring (bicyclic) bond motifs is 1. The van der Waals surface area contributed by atoms with E-state index in [1.54, 1.807) is 48.5 Å². The summed E-state index contributed by atoms with van der Waals surface area (Å²) in [6.45, 7) is 3.96. The summed E-state index contributed by atoms with van der Waals surface area (Å²) in [6, 6.07) is 13.0. The maximum Gasteiger partial charge on any atom is 0.338 e. The fraction of sp³-hybridized carbons (Fsp3) is 0.273. The lowest BCUT2D eigenvalue weighted by Gasteiger charge is -2.14. The van der Waals surface area contributed by atoms with Gasteiger partial charge in [-0.3, -0.25) is 14.5 Å². The zero-order chi connectivity index (χ0) is 21.7. The van der Waals surface area contributed by atoms with Crippen LogP contribution in [0.3, 0.4) is 0 Å². The number of benzene rings is 2. The summed E-state index contributed by atoms with van der Waals surface area (Å²) in [5.74, 6) is -1.32. The molecule has 1 heterocycles. The van der Waals surface area contributed by atoms with Crippen LogP contribution in [0.5, 0.6) is 0 Å². The van der Waals surface area contributed by atoms with Gasteiger partial charge in [-0.15, -0.1) is 0 Å². The SMILES string of the molecule is CC(C)NC(=O)NCc1ccc(C(=O)OCCN2C(=O)c3ccccc3C2=O)cc1. The molecule has 2 aromatic rings. The molecule has 2 aromatic carbocycles. The van der Waals surface area contributed by atoms with Crippen molar-refractivity contribution in [2.24, 2.45) is 0 Å². The van der Waals surface area contributed by atoms with Crippen LogP contribution in [0.4, 0.5) is 4.79 Å². The summed E-state index contributed by atoms with van der Waals surface area (Å²) >= 11 is 0. The molecule has 8 nitrogen and oxygen atoms in total. The maximum absolute atomic E-state index is 12.3. The molecule has 1 aliphatic rings. The van der Waals surface area contributed by atoms with E-state index in [-0.39, 0.29) is 37.0 Å². The topological polar surface area (TPSA) is 105 Å². The van der Waals surface area contributed by atoms with E-state index in [0.29, 0.717) is 23.2 Å². The largest absolute Gasteiger partial charge is 0.460 e. The average Bonchev–Trinajstić information content (AvgIpc) is 2.97. The van der Waals surface area contributed by atoms with E-state index < -0.39 is 5.97 Å². The number of nitrogens with one attached hydrogen (secondary N) is 2. The van der Waals surface area contributed by atoms with Crippen molar-refractivity contribution in [2.75, 3.05) is 13.2 Å². The molecule has 8 heteroatoms. The molecule has 156 valence electrons. The van der Waals surface area contributed by atoms with E-state index in [1.807, 2.05) is 13.8 Å². The quantitative estimate of drug-likeness (QED) is 0.540.